The van der Waals surface area contributed by atoms with Crippen molar-refractivity contribution in [2.45, 2.75) is 0 Å². The van der Waals surface area contributed by atoms with Gasteiger partial charge in [0.2, 0.25) is 0 Å². The molecule has 0 saturated heterocycles. The fourth-order valence-electron chi connectivity index (χ4n) is 1.40. The summed E-state index contributed by atoms with van der Waals surface area (Å²) in [7, 11) is 1.43. The number of rotatable bonds is 2. The van der Waals surface area contributed by atoms with Crippen molar-refractivity contribution in [1.82, 2.24) is 14.9 Å². The zero-order valence-electron chi connectivity index (χ0n) is 9.25. The SMILES string of the molecule is CNC(=O)c1cn(-c2cc(F)c(F)c(F)c2)cn1. The van der Waals surface area contributed by atoms with Crippen LogP contribution in [0.4, 0.5) is 13.2 Å². The first-order valence-corrected chi connectivity index (χ1v) is 4.94. The van der Waals surface area contributed by atoms with Gasteiger partial charge in [0.25, 0.3) is 5.91 Å². The summed E-state index contributed by atoms with van der Waals surface area (Å²) in [5, 5.41) is 2.36. The van der Waals surface area contributed by atoms with Crippen LogP contribution in [-0.2, 0) is 0 Å². The summed E-state index contributed by atoms with van der Waals surface area (Å²) in [4.78, 5) is 15.0. The molecule has 7 heteroatoms. The Morgan fingerprint density at radius 1 is 1.28 bits per heavy atom. The second kappa shape index (κ2) is 4.52. The Balaban J connectivity index is 2.43. The molecule has 0 aliphatic carbocycles. The summed E-state index contributed by atoms with van der Waals surface area (Å²) >= 11 is 0. The largest absolute Gasteiger partial charge is 0.354 e. The monoisotopic (exact) mass is 255 g/mol. The maximum absolute atomic E-state index is 13.0. The summed E-state index contributed by atoms with van der Waals surface area (Å²) in [6.07, 6.45) is 2.49. The molecule has 2 aromatic rings. The maximum Gasteiger partial charge on any atom is 0.271 e. The number of carbonyl (C=O) groups excluding carboxylic acids is 1. The van der Waals surface area contributed by atoms with Gasteiger partial charge in [-0.1, -0.05) is 0 Å². The van der Waals surface area contributed by atoms with Crippen molar-refractivity contribution < 1.29 is 18.0 Å². The molecular weight excluding hydrogens is 247 g/mol. The molecule has 18 heavy (non-hydrogen) atoms. The van der Waals surface area contributed by atoms with Gasteiger partial charge in [-0.3, -0.25) is 4.79 Å². The van der Waals surface area contributed by atoms with Crippen molar-refractivity contribution in [2.24, 2.45) is 0 Å². The van der Waals surface area contributed by atoms with Gasteiger partial charge in [-0.05, 0) is 0 Å². The normalized spacial score (nSPS) is 10.4. The van der Waals surface area contributed by atoms with E-state index in [0.717, 1.165) is 12.1 Å². The second-order valence-electron chi connectivity index (χ2n) is 3.47. The molecule has 2 rings (SSSR count). The molecule has 0 atom stereocenters. The van der Waals surface area contributed by atoms with Gasteiger partial charge in [-0.15, -0.1) is 0 Å². The first-order valence-electron chi connectivity index (χ1n) is 4.94. The van der Waals surface area contributed by atoms with Crippen LogP contribution in [0, 0.1) is 17.5 Å². The van der Waals surface area contributed by atoms with Crippen LogP contribution in [0.15, 0.2) is 24.7 Å². The van der Waals surface area contributed by atoms with Gasteiger partial charge in [0.05, 0.1) is 5.69 Å². The average molecular weight is 255 g/mol. The number of hydrogen-bond acceptors (Lipinski definition) is 2. The van der Waals surface area contributed by atoms with Crippen molar-refractivity contribution in [3.05, 3.63) is 47.8 Å². The number of amides is 1. The molecule has 0 aliphatic rings. The Morgan fingerprint density at radius 2 is 1.89 bits per heavy atom. The molecular formula is C11H8F3N3O. The molecule has 0 aliphatic heterocycles. The van der Waals surface area contributed by atoms with Gasteiger partial charge >= 0.3 is 0 Å². The number of carbonyl (C=O) groups is 1. The van der Waals surface area contributed by atoms with Gasteiger partial charge in [0, 0.05) is 25.4 Å². The summed E-state index contributed by atoms with van der Waals surface area (Å²) in [6, 6.07) is 1.63. The Labute approximate surface area is 100 Å². The lowest BCUT2D eigenvalue weighted by Gasteiger charge is -2.03. The average Bonchev–Trinajstić information content (AvgIpc) is 2.84. The molecule has 0 unspecified atom stereocenters. The molecule has 1 amide bonds. The van der Waals surface area contributed by atoms with E-state index in [9.17, 15) is 18.0 Å². The smallest absolute Gasteiger partial charge is 0.271 e. The van der Waals surface area contributed by atoms with E-state index >= 15 is 0 Å². The number of nitrogens with one attached hydrogen (secondary N) is 1. The number of hydrogen-bond donors (Lipinski definition) is 1. The first-order chi connectivity index (χ1) is 8.52. The van der Waals surface area contributed by atoms with Crippen molar-refractivity contribution in [2.75, 3.05) is 7.05 Å². The zero-order valence-corrected chi connectivity index (χ0v) is 9.25. The van der Waals surface area contributed by atoms with E-state index in [1.165, 1.54) is 24.1 Å². The van der Waals surface area contributed by atoms with E-state index in [2.05, 4.69) is 10.3 Å². The fourth-order valence-corrected chi connectivity index (χ4v) is 1.40. The van der Waals surface area contributed by atoms with Gasteiger partial charge in [-0.2, -0.15) is 0 Å². The molecule has 1 heterocycles. The maximum atomic E-state index is 13.0. The van der Waals surface area contributed by atoms with Crippen LogP contribution in [0.1, 0.15) is 10.5 Å². The zero-order chi connectivity index (χ0) is 13.3. The summed E-state index contributed by atoms with van der Waals surface area (Å²) in [5.74, 6) is -4.58. The number of halogens is 3. The van der Waals surface area contributed by atoms with Crippen molar-refractivity contribution in [1.29, 1.82) is 0 Å². The summed E-state index contributed by atoms with van der Waals surface area (Å²) in [5.41, 5.74) is 0.122. The fraction of sp³-hybridized carbons (Fsp3) is 0.0909. The Bertz CT molecular complexity index is 586. The lowest BCUT2D eigenvalue weighted by Crippen LogP contribution is -2.17. The highest BCUT2D eigenvalue weighted by Crippen LogP contribution is 2.17. The summed E-state index contributed by atoms with van der Waals surface area (Å²) < 4.78 is 40.1. The highest BCUT2D eigenvalue weighted by Gasteiger charge is 2.13. The van der Waals surface area contributed by atoms with Crippen LogP contribution >= 0.6 is 0 Å². The van der Waals surface area contributed by atoms with Gasteiger partial charge in [0.15, 0.2) is 17.5 Å². The Morgan fingerprint density at radius 3 is 2.44 bits per heavy atom. The molecule has 1 aromatic heterocycles. The van der Waals surface area contributed by atoms with Gasteiger partial charge in [0.1, 0.15) is 12.0 Å². The minimum Gasteiger partial charge on any atom is -0.354 e. The first kappa shape index (κ1) is 12.2. The van der Waals surface area contributed by atoms with Gasteiger partial charge < -0.3 is 9.88 Å². The number of benzene rings is 1. The standard InChI is InChI=1S/C11H8F3N3O/c1-15-11(18)9-4-17(5-16-9)6-2-7(12)10(14)8(13)3-6/h2-5H,1H3,(H,15,18). The molecule has 94 valence electrons. The van der Waals surface area contributed by atoms with E-state index < -0.39 is 23.4 Å². The molecule has 0 saturated carbocycles. The topological polar surface area (TPSA) is 46.9 Å². The van der Waals surface area contributed by atoms with Crippen LogP contribution in [0.3, 0.4) is 0 Å². The highest BCUT2D eigenvalue weighted by atomic mass is 19.2. The molecule has 4 nitrogen and oxygen atoms in total. The van der Waals surface area contributed by atoms with Crippen molar-refractivity contribution >= 4 is 5.91 Å². The molecule has 1 N–H and O–H groups in total. The third-order valence-electron chi connectivity index (χ3n) is 2.31. The second-order valence-corrected chi connectivity index (χ2v) is 3.47. The highest BCUT2D eigenvalue weighted by molar-refractivity contribution is 5.91. The quantitative estimate of drug-likeness (QED) is 0.829. The molecule has 0 bridgehead atoms. The van der Waals surface area contributed by atoms with Gasteiger partial charge in [-0.25, -0.2) is 18.2 Å². The van der Waals surface area contributed by atoms with Crippen molar-refractivity contribution in [3.63, 3.8) is 0 Å². The lowest BCUT2D eigenvalue weighted by molar-refractivity contribution is 0.0958. The predicted molar refractivity (Wildman–Crippen MR) is 56.8 cm³/mol. The number of imidazole rings is 1. The molecule has 0 fully saturated rings. The van der Waals surface area contributed by atoms with Crippen LogP contribution in [0.5, 0.6) is 0 Å². The van der Waals surface area contributed by atoms with Crippen LogP contribution in [0.2, 0.25) is 0 Å². The van der Waals surface area contributed by atoms with E-state index in [1.807, 2.05) is 0 Å². The Kier molecular flexibility index (Phi) is 3.05. The van der Waals surface area contributed by atoms with E-state index in [-0.39, 0.29) is 11.4 Å². The minimum atomic E-state index is -1.54. The predicted octanol–water partition coefficient (Wildman–Crippen LogP) is 1.65. The van der Waals surface area contributed by atoms with Crippen LogP contribution in [0.25, 0.3) is 5.69 Å². The molecule has 0 spiro atoms. The van der Waals surface area contributed by atoms with E-state index in [1.54, 1.807) is 0 Å². The number of nitrogens with zero attached hydrogens (tertiary/aromatic N) is 2. The van der Waals surface area contributed by atoms with E-state index in [4.69, 9.17) is 0 Å². The van der Waals surface area contributed by atoms with Crippen molar-refractivity contribution in [3.8, 4) is 5.69 Å². The van der Waals surface area contributed by atoms with Crippen LogP contribution < -0.4 is 5.32 Å². The minimum absolute atomic E-state index is 0.0362. The summed E-state index contributed by atoms with van der Waals surface area (Å²) in [6.45, 7) is 0. The molecule has 1 aromatic carbocycles. The third kappa shape index (κ3) is 2.06. The molecule has 0 radical (unpaired) electrons. The Hall–Kier alpha value is -2.31. The van der Waals surface area contributed by atoms with Crippen LogP contribution in [-0.4, -0.2) is 22.5 Å². The number of aromatic nitrogens is 2. The van der Waals surface area contributed by atoms with E-state index in [0.29, 0.717) is 0 Å². The third-order valence-corrected chi connectivity index (χ3v) is 2.31. The lowest BCUT2D eigenvalue weighted by atomic mass is 10.3.